The zero-order valence-electron chi connectivity index (χ0n) is 6.56. The van der Waals surface area contributed by atoms with E-state index in [0.29, 0.717) is 0 Å². The maximum absolute atomic E-state index is 8.65. The molecule has 0 aliphatic carbocycles. The highest BCUT2D eigenvalue weighted by atomic mass is 16.6. The summed E-state index contributed by atoms with van der Waals surface area (Å²) in [5, 5.41) is 12.2. The van der Waals surface area contributed by atoms with Gasteiger partial charge in [0.05, 0.1) is 18.2 Å². The van der Waals surface area contributed by atoms with Crippen LogP contribution in [0.25, 0.3) is 10.4 Å². The molecule has 1 aliphatic heterocycles. The minimum Gasteiger partial charge on any atom is -0.394 e. The van der Waals surface area contributed by atoms with Crippen LogP contribution in [0.5, 0.6) is 0 Å². The lowest BCUT2D eigenvalue weighted by atomic mass is 10.00. The molecule has 1 heterocycles. The molecule has 0 radical (unpaired) electrons. The van der Waals surface area contributed by atoms with Crippen molar-refractivity contribution >= 4 is 0 Å². The maximum atomic E-state index is 8.65. The summed E-state index contributed by atoms with van der Waals surface area (Å²) in [4.78, 5) is 2.70. The Hall–Kier alpha value is -0.770. The highest BCUT2D eigenvalue weighted by Gasteiger charge is 2.48. The quantitative estimate of drug-likeness (QED) is 0.285. The monoisotopic (exact) mass is 157 g/mol. The third-order valence-electron chi connectivity index (χ3n) is 1.76. The van der Waals surface area contributed by atoms with Gasteiger partial charge in [-0.2, -0.15) is 0 Å². The van der Waals surface area contributed by atoms with Crippen molar-refractivity contribution in [3.63, 3.8) is 0 Å². The van der Waals surface area contributed by atoms with Crippen molar-refractivity contribution in [2.45, 2.75) is 31.6 Å². The molecule has 62 valence electrons. The number of epoxide rings is 1. The van der Waals surface area contributed by atoms with Crippen molar-refractivity contribution in [2.24, 2.45) is 5.11 Å². The van der Waals surface area contributed by atoms with Gasteiger partial charge in [0.25, 0.3) is 0 Å². The molecule has 0 aromatic carbocycles. The van der Waals surface area contributed by atoms with Crippen molar-refractivity contribution in [2.75, 3.05) is 6.61 Å². The summed E-state index contributed by atoms with van der Waals surface area (Å²) in [6.45, 7) is 3.56. The third-order valence-corrected chi connectivity index (χ3v) is 1.76. The van der Waals surface area contributed by atoms with Crippen molar-refractivity contribution in [3.8, 4) is 0 Å². The Labute approximate surface area is 64.6 Å². The molecule has 0 bridgehead atoms. The predicted octanol–water partition coefficient (Wildman–Crippen LogP) is 0.835. The first-order valence-corrected chi connectivity index (χ1v) is 3.44. The minimum absolute atomic E-state index is 0.00492. The van der Waals surface area contributed by atoms with Gasteiger partial charge in [-0.1, -0.05) is 19.0 Å². The van der Waals surface area contributed by atoms with Gasteiger partial charge >= 0.3 is 0 Å². The van der Waals surface area contributed by atoms with Crippen molar-refractivity contribution in [3.05, 3.63) is 10.4 Å². The van der Waals surface area contributed by atoms with E-state index in [1.165, 1.54) is 0 Å². The molecule has 1 saturated heterocycles. The lowest BCUT2D eigenvalue weighted by molar-refractivity contribution is 0.238. The van der Waals surface area contributed by atoms with Crippen LogP contribution in [-0.4, -0.2) is 29.5 Å². The summed E-state index contributed by atoms with van der Waals surface area (Å²) in [7, 11) is 0. The molecule has 2 unspecified atom stereocenters. The summed E-state index contributed by atoms with van der Waals surface area (Å²) in [6, 6.07) is 0. The van der Waals surface area contributed by atoms with E-state index in [1.807, 2.05) is 0 Å². The molecule has 0 aromatic rings. The van der Waals surface area contributed by atoms with Crippen LogP contribution in [-0.2, 0) is 4.74 Å². The fraction of sp³-hybridized carbons (Fsp3) is 1.00. The summed E-state index contributed by atoms with van der Waals surface area (Å²) in [5.74, 6) is 0. The first kappa shape index (κ1) is 8.33. The highest BCUT2D eigenvalue weighted by Crippen LogP contribution is 2.34. The van der Waals surface area contributed by atoms with Gasteiger partial charge in [-0.15, -0.1) is 0 Å². The van der Waals surface area contributed by atoms with Crippen LogP contribution < -0.4 is 0 Å². The second-order valence-electron chi connectivity index (χ2n) is 3.12. The Balaban J connectivity index is 2.54. The zero-order valence-corrected chi connectivity index (χ0v) is 6.56. The fourth-order valence-corrected chi connectivity index (χ4v) is 1.08. The average Bonchev–Trinajstić information content (AvgIpc) is 2.65. The SMILES string of the molecule is CC(C)(N=[N+]=[N-])C1OC1CO. The van der Waals surface area contributed by atoms with Crippen LogP contribution in [0, 0.1) is 0 Å². The molecule has 2 atom stereocenters. The first-order chi connectivity index (χ1) is 5.11. The Kier molecular flexibility index (Phi) is 2.04. The van der Waals surface area contributed by atoms with E-state index >= 15 is 0 Å². The molecular weight excluding hydrogens is 146 g/mol. The average molecular weight is 157 g/mol. The van der Waals surface area contributed by atoms with Gasteiger partial charge in [-0.25, -0.2) is 0 Å². The smallest absolute Gasteiger partial charge is 0.108 e. The van der Waals surface area contributed by atoms with Crippen LogP contribution in [0.3, 0.4) is 0 Å². The number of aliphatic hydroxyl groups excluding tert-OH is 1. The molecule has 0 spiro atoms. The predicted molar refractivity (Wildman–Crippen MR) is 39.0 cm³/mol. The molecular formula is C6H11N3O2. The molecule has 1 fully saturated rings. The van der Waals surface area contributed by atoms with E-state index in [4.69, 9.17) is 15.4 Å². The zero-order chi connectivity index (χ0) is 8.48. The van der Waals surface area contributed by atoms with Gasteiger partial charge < -0.3 is 9.84 Å². The number of hydrogen-bond acceptors (Lipinski definition) is 3. The Morgan fingerprint density at radius 1 is 1.73 bits per heavy atom. The Morgan fingerprint density at radius 2 is 2.36 bits per heavy atom. The van der Waals surface area contributed by atoms with Gasteiger partial charge in [-0.05, 0) is 5.53 Å². The van der Waals surface area contributed by atoms with Crippen LogP contribution in [0.1, 0.15) is 13.8 Å². The second kappa shape index (κ2) is 2.70. The van der Waals surface area contributed by atoms with Crippen molar-refractivity contribution in [1.29, 1.82) is 0 Å². The van der Waals surface area contributed by atoms with Gasteiger partial charge in [0.2, 0.25) is 0 Å². The number of nitrogens with zero attached hydrogens (tertiary/aromatic N) is 3. The first-order valence-electron chi connectivity index (χ1n) is 3.44. The Bertz CT molecular complexity index is 198. The van der Waals surface area contributed by atoms with Gasteiger partial charge in [-0.3, -0.25) is 0 Å². The fourth-order valence-electron chi connectivity index (χ4n) is 1.08. The lowest BCUT2D eigenvalue weighted by Crippen LogP contribution is -2.26. The molecule has 5 nitrogen and oxygen atoms in total. The maximum Gasteiger partial charge on any atom is 0.108 e. The van der Waals surface area contributed by atoms with Gasteiger partial charge in [0.15, 0.2) is 0 Å². The Morgan fingerprint density at radius 3 is 2.73 bits per heavy atom. The topological polar surface area (TPSA) is 81.5 Å². The standard InChI is InChI=1S/C6H11N3O2/c1-6(2,8-9-7)5-4(3-10)11-5/h4-5,10H,3H2,1-2H3. The van der Waals surface area contributed by atoms with Gasteiger partial charge in [0.1, 0.15) is 6.10 Å². The molecule has 0 saturated carbocycles. The largest absolute Gasteiger partial charge is 0.394 e. The van der Waals surface area contributed by atoms with Crippen LogP contribution in [0.2, 0.25) is 0 Å². The summed E-state index contributed by atoms with van der Waals surface area (Å²) in [5.41, 5.74) is 7.64. The lowest BCUT2D eigenvalue weighted by Gasteiger charge is -2.13. The van der Waals surface area contributed by atoms with E-state index in [-0.39, 0.29) is 18.8 Å². The number of rotatable bonds is 3. The van der Waals surface area contributed by atoms with E-state index in [2.05, 4.69) is 10.0 Å². The highest BCUT2D eigenvalue weighted by molar-refractivity contribution is 5.01. The molecule has 5 heteroatoms. The van der Waals surface area contributed by atoms with E-state index in [9.17, 15) is 0 Å². The molecule has 1 rings (SSSR count). The molecule has 1 N–H and O–H groups in total. The van der Waals surface area contributed by atoms with Crippen LogP contribution in [0.15, 0.2) is 5.11 Å². The summed E-state index contributed by atoms with van der Waals surface area (Å²) < 4.78 is 5.07. The third kappa shape index (κ3) is 1.63. The summed E-state index contributed by atoms with van der Waals surface area (Å²) >= 11 is 0. The molecule has 11 heavy (non-hydrogen) atoms. The number of aliphatic hydroxyl groups is 1. The van der Waals surface area contributed by atoms with Gasteiger partial charge in [0, 0.05) is 4.91 Å². The molecule has 1 aliphatic rings. The molecule has 0 amide bonds. The number of ether oxygens (including phenoxy) is 1. The van der Waals surface area contributed by atoms with Crippen molar-refractivity contribution < 1.29 is 9.84 Å². The van der Waals surface area contributed by atoms with E-state index in [1.54, 1.807) is 13.8 Å². The van der Waals surface area contributed by atoms with Crippen LogP contribution in [0.4, 0.5) is 0 Å². The second-order valence-corrected chi connectivity index (χ2v) is 3.12. The van der Waals surface area contributed by atoms with Crippen molar-refractivity contribution in [1.82, 2.24) is 0 Å². The normalized spacial score (nSPS) is 29.4. The van der Waals surface area contributed by atoms with Crippen LogP contribution >= 0.6 is 0 Å². The summed E-state index contributed by atoms with van der Waals surface area (Å²) in [6.07, 6.45) is -0.265. The minimum atomic E-state index is -0.540. The van der Waals surface area contributed by atoms with E-state index < -0.39 is 5.54 Å². The number of hydrogen-bond donors (Lipinski definition) is 1. The van der Waals surface area contributed by atoms with E-state index in [0.717, 1.165) is 0 Å². The number of azide groups is 1. The molecule has 0 aromatic heterocycles.